The Kier molecular flexibility index (Phi) is 7.42. The van der Waals surface area contributed by atoms with Crippen LogP contribution in [-0.2, 0) is 16.7 Å². The lowest BCUT2D eigenvalue weighted by Crippen LogP contribution is -2.27. The van der Waals surface area contributed by atoms with Crippen molar-refractivity contribution >= 4 is 22.3 Å². The summed E-state index contributed by atoms with van der Waals surface area (Å²) in [5.41, 5.74) is 2.26. The van der Waals surface area contributed by atoms with Gasteiger partial charge in [0.25, 0.3) is 0 Å². The van der Waals surface area contributed by atoms with E-state index in [1.54, 1.807) is 50.4 Å². The van der Waals surface area contributed by atoms with Gasteiger partial charge >= 0.3 is 6.18 Å². The fourth-order valence-corrected chi connectivity index (χ4v) is 4.13. The Balaban J connectivity index is 1.55. The van der Waals surface area contributed by atoms with Crippen molar-refractivity contribution in [2.75, 3.05) is 30.4 Å². The molecule has 1 fully saturated rings. The largest absolute Gasteiger partial charge is 0.406 e. The minimum absolute atomic E-state index is 0.216. The first kappa shape index (κ1) is 25.4. The van der Waals surface area contributed by atoms with Crippen molar-refractivity contribution in [3.05, 3.63) is 54.0 Å². The number of hydrogen-bond donors (Lipinski definition) is 2. The number of ether oxygens (including phenoxy) is 1. The Bertz CT molecular complexity index is 1300. The average Bonchev–Trinajstić information content (AvgIpc) is 3.19. The van der Waals surface area contributed by atoms with Gasteiger partial charge in [-0.05, 0) is 62.9 Å². The van der Waals surface area contributed by atoms with Crippen molar-refractivity contribution in [1.29, 1.82) is 5.26 Å². The summed E-state index contributed by atoms with van der Waals surface area (Å²) in [6, 6.07) is 13.1. The second kappa shape index (κ2) is 10.5. The number of halogens is 3. The van der Waals surface area contributed by atoms with Crippen LogP contribution in [-0.4, -0.2) is 41.5 Å². The monoisotopic (exact) mass is 495 g/mol. The van der Waals surface area contributed by atoms with Gasteiger partial charge in [0.05, 0.1) is 46.8 Å². The molecule has 0 radical (unpaired) electrons. The number of nitrogens with zero attached hydrogens (tertiary/aromatic N) is 3. The molecule has 36 heavy (non-hydrogen) atoms. The fraction of sp³-hybridized carbons (Fsp3) is 0.407. The van der Waals surface area contributed by atoms with Gasteiger partial charge in [0, 0.05) is 30.3 Å². The SMILES string of the molecule is CC(C)(C#N)c1ccc(NCC#Cc2cc3c(NC4CCOCC4)cccc3n2CC(F)(F)F)cn1. The molecular weight excluding hydrogens is 467 g/mol. The minimum Gasteiger partial charge on any atom is -0.382 e. The number of pyridine rings is 1. The van der Waals surface area contributed by atoms with Crippen LogP contribution in [0.3, 0.4) is 0 Å². The predicted molar refractivity (Wildman–Crippen MR) is 134 cm³/mol. The number of aromatic nitrogens is 2. The molecule has 1 aliphatic rings. The Morgan fingerprint density at radius 1 is 1.17 bits per heavy atom. The molecular formula is C27H28F3N5O. The highest BCUT2D eigenvalue weighted by atomic mass is 19.4. The standard InChI is InChI=1S/C27H28F3N5O/c1-26(2,17-31)25-9-8-20(16-33-25)32-12-4-5-21-15-22-23(34-19-10-13-36-14-11-19)6-3-7-24(22)35(21)18-27(28,29)30/h3,6-9,15-16,19,32,34H,10-14,18H2,1-2H3. The molecule has 0 aliphatic carbocycles. The van der Waals surface area contributed by atoms with E-state index < -0.39 is 18.1 Å². The van der Waals surface area contributed by atoms with Crippen LogP contribution in [0.4, 0.5) is 24.5 Å². The zero-order valence-electron chi connectivity index (χ0n) is 20.2. The summed E-state index contributed by atoms with van der Waals surface area (Å²) in [7, 11) is 0. The van der Waals surface area contributed by atoms with Crippen LogP contribution in [0.15, 0.2) is 42.6 Å². The molecule has 1 aromatic carbocycles. The Hall–Kier alpha value is -3.69. The van der Waals surface area contributed by atoms with E-state index in [9.17, 15) is 18.4 Å². The number of fused-ring (bicyclic) bond motifs is 1. The molecule has 1 aliphatic heterocycles. The van der Waals surface area contributed by atoms with Crippen LogP contribution in [0.1, 0.15) is 38.1 Å². The molecule has 3 heterocycles. The number of rotatable bonds is 6. The van der Waals surface area contributed by atoms with Crippen molar-refractivity contribution in [2.45, 2.75) is 50.9 Å². The summed E-state index contributed by atoms with van der Waals surface area (Å²) < 4.78 is 46.9. The molecule has 0 amide bonds. The van der Waals surface area contributed by atoms with Gasteiger partial charge in [-0.15, -0.1) is 0 Å². The maximum atomic E-state index is 13.4. The molecule has 1 saturated heterocycles. The third kappa shape index (κ3) is 6.10. The van der Waals surface area contributed by atoms with Crippen molar-refractivity contribution in [3.8, 4) is 17.9 Å². The predicted octanol–water partition coefficient (Wildman–Crippen LogP) is 5.45. The smallest absolute Gasteiger partial charge is 0.382 e. The lowest BCUT2D eigenvalue weighted by Gasteiger charge is -2.24. The van der Waals surface area contributed by atoms with Crippen LogP contribution < -0.4 is 10.6 Å². The first-order valence-electron chi connectivity index (χ1n) is 11.8. The molecule has 2 N–H and O–H groups in total. The highest BCUT2D eigenvalue weighted by molar-refractivity contribution is 5.94. The van der Waals surface area contributed by atoms with Crippen molar-refractivity contribution in [2.24, 2.45) is 0 Å². The van der Waals surface area contributed by atoms with E-state index in [0.29, 0.717) is 41.2 Å². The van der Waals surface area contributed by atoms with E-state index in [1.165, 1.54) is 4.57 Å². The third-order valence-electron chi connectivity index (χ3n) is 6.14. The second-order valence-corrected chi connectivity index (χ2v) is 9.32. The maximum absolute atomic E-state index is 13.4. The van der Waals surface area contributed by atoms with Crippen LogP contribution in [0, 0.1) is 23.2 Å². The van der Waals surface area contributed by atoms with Crippen molar-refractivity contribution < 1.29 is 17.9 Å². The Labute approximate surface area is 208 Å². The lowest BCUT2D eigenvalue weighted by atomic mass is 9.91. The van der Waals surface area contributed by atoms with Gasteiger partial charge in [-0.25, -0.2) is 0 Å². The summed E-state index contributed by atoms with van der Waals surface area (Å²) in [6.45, 7) is 4.02. The zero-order valence-corrected chi connectivity index (χ0v) is 20.2. The van der Waals surface area contributed by atoms with Gasteiger partial charge in [-0.2, -0.15) is 18.4 Å². The van der Waals surface area contributed by atoms with Crippen LogP contribution in [0.25, 0.3) is 10.9 Å². The Morgan fingerprint density at radius 2 is 1.94 bits per heavy atom. The highest BCUT2D eigenvalue weighted by Crippen LogP contribution is 2.31. The van der Waals surface area contributed by atoms with Crippen LogP contribution >= 0.6 is 0 Å². The molecule has 2 aromatic heterocycles. The van der Waals surface area contributed by atoms with Gasteiger partial charge in [-0.3, -0.25) is 4.98 Å². The fourth-order valence-electron chi connectivity index (χ4n) is 4.13. The molecule has 9 heteroatoms. The van der Waals surface area contributed by atoms with Crippen molar-refractivity contribution in [3.63, 3.8) is 0 Å². The summed E-state index contributed by atoms with van der Waals surface area (Å²) in [6.07, 6.45) is -1.07. The molecule has 6 nitrogen and oxygen atoms in total. The number of nitriles is 1. The van der Waals surface area contributed by atoms with Gasteiger partial charge in [-0.1, -0.05) is 12.0 Å². The van der Waals surface area contributed by atoms with E-state index in [-0.39, 0.29) is 12.6 Å². The van der Waals surface area contributed by atoms with Gasteiger partial charge < -0.3 is 19.9 Å². The average molecular weight is 496 g/mol. The first-order valence-corrected chi connectivity index (χ1v) is 11.8. The van der Waals surface area contributed by atoms with Crippen LogP contribution in [0.2, 0.25) is 0 Å². The molecule has 0 spiro atoms. The van der Waals surface area contributed by atoms with E-state index >= 15 is 0 Å². The maximum Gasteiger partial charge on any atom is 0.406 e. The molecule has 3 aromatic rings. The van der Waals surface area contributed by atoms with E-state index in [4.69, 9.17) is 4.74 Å². The minimum atomic E-state index is -4.38. The van der Waals surface area contributed by atoms with Gasteiger partial charge in [0.1, 0.15) is 6.54 Å². The van der Waals surface area contributed by atoms with Gasteiger partial charge in [0.15, 0.2) is 0 Å². The molecule has 188 valence electrons. The first-order chi connectivity index (χ1) is 17.2. The molecule has 4 rings (SSSR count). The topological polar surface area (TPSA) is 74.9 Å². The van der Waals surface area contributed by atoms with E-state index in [0.717, 1.165) is 18.5 Å². The number of alkyl halides is 3. The number of anilines is 2. The number of nitrogens with one attached hydrogen (secondary N) is 2. The molecule has 0 unspecified atom stereocenters. The summed E-state index contributed by atoms with van der Waals surface area (Å²) in [4.78, 5) is 4.32. The highest BCUT2D eigenvalue weighted by Gasteiger charge is 2.30. The zero-order chi connectivity index (χ0) is 25.8. The van der Waals surface area contributed by atoms with Crippen molar-refractivity contribution in [1.82, 2.24) is 9.55 Å². The summed E-state index contributed by atoms with van der Waals surface area (Å²) in [5, 5.41) is 16.5. The van der Waals surface area contributed by atoms with E-state index in [1.807, 2.05) is 6.07 Å². The second-order valence-electron chi connectivity index (χ2n) is 9.32. The number of hydrogen-bond acceptors (Lipinski definition) is 5. The normalized spacial score (nSPS) is 14.7. The van der Waals surface area contributed by atoms with E-state index in [2.05, 4.69) is 33.5 Å². The molecule has 0 saturated carbocycles. The quantitative estimate of drug-likeness (QED) is 0.445. The summed E-state index contributed by atoms with van der Waals surface area (Å²) >= 11 is 0. The molecule has 0 atom stereocenters. The lowest BCUT2D eigenvalue weighted by molar-refractivity contribution is -0.140. The summed E-state index contributed by atoms with van der Waals surface area (Å²) in [5.74, 6) is 5.84. The molecule has 0 bridgehead atoms. The number of benzene rings is 1. The third-order valence-corrected chi connectivity index (χ3v) is 6.14. The van der Waals surface area contributed by atoms with Gasteiger partial charge in [0.2, 0.25) is 0 Å². The van der Waals surface area contributed by atoms with Crippen LogP contribution in [0.5, 0.6) is 0 Å². The Morgan fingerprint density at radius 3 is 2.61 bits per heavy atom.